The summed E-state index contributed by atoms with van der Waals surface area (Å²) in [5.41, 5.74) is 1.30. The van der Waals surface area contributed by atoms with Crippen molar-refractivity contribution in [1.82, 2.24) is 5.32 Å². The molecule has 2 rings (SSSR count). The Kier molecular flexibility index (Phi) is 6.09. The maximum absolute atomic E-state index is 5.47. The lowest BCUT2D eigenvalue weighted by atomic mass is 10.1. The van der Waals surface area contributed by atoms with Gasteiger partial charge in [-0.05, 0) is 42.5 Å². The molecule has 0 fully saturated rings. The van der Waals surface area contributed by atoms with E-state index in [1.54, 1.807) is 0 Å². The third-order valence-electron chi connectivity index (χ3n) is 3.25. The molecule has 1 unspecified atom stereocenters. The first-order valence-corrected chi connectivity index (χ1v) is 8.20. The molecule has 20 heavy (non-hydrogen) atoms. The second-order valence-corrected chi connectivity index (χ2v) is 5.79. The number of thiophene rings is 1. The summed E-state index contributed by atoms with van der Waals surface area (Å²) in [5.74, 6) is 0.944. The maximum Gasteiger partial charge on any atom is 0.119 e. The van der Waals surface area contributed by atoms with E-state index in [1.807, 2.05) is 30.4 Å². The Labute approximate surface area is 125 Å². The normalized spacial score (nSPS) is 12.3. The molecule has 1 N–H and O–H groups in total. The minimum absolute atomic E-state index is 0.464. The highest BCUT2D eigenvalue weighted by Crippen LogP contribution is 2.23. The summed E-state index contributed by atoms with van der Waals surface area (Å²) < 4.78 is 5.47. The molecule has 0 aliphatic heterocycles. The van der Waals surface area contributed by atoms with Crippen LogP contribution in [0, 0.1) is 0 Å². The molecule has 0 aliphatic carbocycles. The first kappa shape index (κ1) is 15.1. The molecular formula is C17H23NOS. The van der Waals surface area contributed by atoms with Gasteiger partial charge in [-0.15, -0.1) is 11.3 Å². The molecule has 2 nitrogen and oxygen atoms in total. The average molecular weight is 289 g/mol. The van der Waals surface area contributed by atoms with Crippen molar-refractivity contribution in [2.75, 3.05) is 6.61 Å². The number of nitrogens with one attached hydrogen (secondary N) is 1. The maximum atomic E-state index is 5.47. The summed E-state index contributed by atoms with van der Waals surface area (Å²) in [6.45, 7) is 5.86. The van der Waals surface area contributed by atoms with E-state index in [0.29, 0.717) is 12.6 Å². The van der Waals surface area contributed by atoms with Crippen molar-refractivity contribution in [3.05, 3.63) is 52.2 Å². The minimum Gasteiger partial charge on any atom is -0.494 e. The largest absolute Gasteiger partial charge is 0.494 e. The number of ether oxygens (including phenoxy) is 1. The van der Waals surface area contributed by atoms with Crippen LogP contribution in [0.5, 0.6) is 5.75 Å². The molecule has 0 bridgehead atoms. The molecule has 0 radical (unpaired) electrons. The molecule has 2 aromatic rings. The van der Waals surface area contributed by atoms with Crippen molar-refractivity contribution in [2.45, 2.75) is 39.3 Å². The summed E-state index contributed by atoms with van der Waals surface area (Å²) in [5, 5.41) is 5.81. The van der Waals surface area contributed by atoms with Gasteiger partial charge in [0.2, 0.25) is 0 Å². The van der Waals surface area contributed by atoms with Crippen molar-refractivity contribution in [2.24, 2.45) is 0 Å². The summed E-state index contributed by atoms with van der Waals surface area (Å²) in [6, 6.07) is 13.2. The zero-order chi connectivity index (χ0) is 14.2. The van der Waals surface area contributed by atoms with E-state index in [-0.39, 0.29) is 0 Å². The van der Waals surface area contributed by atoms with Crippen molar-refractivity contribution in [3.8, 4) is 5.75 Å². The van der Waals surface area contributed by atoms with E-state index in [4.69, 9.17) is 4.74 Å². The van der Waals surface area contributed by atoms with E-state index in [2.05, 4.69) is 41.9 Å². The van der Waals surface area contributed by atoms with E-state index < -0.39 is 0 Å². The van der Waals surface area contributed by atoms with Gasteiger partial charge in [0.05, 0.1) is 6.61 Å². The fourth-order valence-corrected chi connectivity index (χ4v) is 3.07. The molecule has 1 aromatic carbocycles. The van der Waals surface area contributed by atoms with Gasteiger partial charge in [-0.2, -0.15) is 0 Å². The van der Waals surface area contributed by atoms with Gasteiger partial charge in [-0.3, -0.25) is 0 Å². The Morgan fingerprint density at radius 3 is 2.55 bits per heavy atom. The monoisotopic (exact) mass is 289 g/mol. The Balaban J connectivity index is 1.92. The van der Waals surface area contributed by atoms with Crippen LogP contribution in [-0.4, -0.2) is 6.61 Å². The van der Waals surface area contributed by atoms with E-state index >= 15 is 0 Å². The molecule has 1 aromatic heterocycles. The average Bonchev–Trinajstić information content (AvgIpc) is 2.99. The molecule has 0 spiro atoms. The SMILES string of the molecule is CCCC(NCc1ccc(OCC)cc1)c1cccs1. The number of hydrogen-bond donors (Lipinski definition) is 1. The lowest BCUT2D eigenvalue weighted by molar-refractivity contribution is 0.340. The zero-order valence-electron chi connectivity index (χ0n) is 12.3. The van der Waals surface area contributed by atoms with Crippen LogP contribution in [0.25, 0.3) is 0 Å². The van der Waals surface area contributed by atoms with Gasteiger partial charge in [0.1, 0.15) is 5.75 Å². The van der Waals surface area contributed by atoms with Crippen LogP contribution in [-0.2, 0) is 6.54 Å². The van der Waals surface area contributed by atoms with Crippen LogP contribution in [0.2, 0.25) is 0 Å². The van der Waals surface area contributed by atoms with E-state index in [1.165, 1.54) is 23.3 Å². The smallest absolute Gasteiger partial charge is 0.119 e. The number of hydrogen-bond acceptors (Lipinski definition) is 3. The second kappa shape index (κ2) is 8.08. The molecule has 0 aliphatic rings. The lowest BCUT2D eigenvalue weighted by Crippen LogP contribution is -2.19. The van der Waals surface area contributed by atoms with E-state index in [9.17, 15) is 0 Å². The third-order valence-corrected chi connectivity index (χ3v) is 4.24. The molecule has 1 atom stereocenters. The highest BCUT2D eigenvalue weighted by atomic mass is 32.1. The van der Waals surface area contributed by atoms with Crippen molar-refractivity contribution in [1.29, 1.82) is 0 Å². The van der Waals surface area contributed by atoms with Gasteiger partial charge in [-0.1, -0.05) is 31.5 Å². The quantitative estimate of drug-likeness (QED) is 0.755. The van der Waals surface area contributed by atoms with Gasteiger partial charge >= 0.3 is 0 Å². The fraction of sp³-hybridized carbons (Fsp3) is 0.412. The zero-order valence-corrected chi connectivity index (χ0v) is 13.1. The molecule has 0 saturated carbocycles. The third kappa shape index (κ3) is 4.36. The Morgan fingerprint density at radius 2 is 1.95 bits per heavy atom. The Bertz CT molecular complexity index is 478. The van der Waals surface area contributed by atoms with Gasteiger partial charge < -0.3 is 10.1 Å². The molecule has 1 heterocycles. The van der Waals surface area contributed by atoms with Gasteiger partial charge in [-0.25, -0.2) is 0 Å². The summed E-state index contributed by atoms with van der Waals surface area (Å²) in [4.78, 5) is 1.43. The van der Waals surface area contributed by atoms with Crippen LogP contribution in [0.1, 0.15) is 43.2 Å². The molecule has 0 saturated heterocycles. The Hall–Kier alpha value is -1.32. The second-order valence-electron chi connectivity index (χ2n) is 4.81. The predicted octanol–water partition coefficient (Wildman–Crippen LogP) is 4.78. The summed E-state index contributed by atoms with van der Waals surface area (Å²) in [6.07, 6.45) is 2.37. The fourth-order valence-electron chi connectivity index (χ4n) is 2.23. The number of benzene rings is 1. The van der Waals surface area contributed by atoms with Crippen LogP contribution in [0.15, 0.2) is 41.8 Å². The minimum atomic E-state index is 0.464. The van der Waals surface area contributed by atoms with Crippen LogP contribution >= 0.6 is 11.3 Å². The Morgan fingerprint density at radius 1 is 1.15 bits per heavy atom. The molecule has 108 valence electrons. The summed E-state index contributed by atoms with van der Waals surface area (Å²) in [7, 11) is 0. The van der Waals surface area contributed by atoms with Crippen LogP contribution in [0.3, 0.4) is 0 Å². The van der Waals surface area contributed by atoms with Crippen molar-refractivity contribution >= 4 is 11.3 Å². The van der Waals surface area contributed by atoms with Crippen molar-refractivity contribution < 1.29 is 4.74 Å². The molecular weight excluding hydrogens is 266 g/mol. The van der Waals surface area contributed by atoms with Gasteiger partial charge in [0, 0.05) is 17.5 Å². The van der Waals surface area contributed by atoms with Gasteiger partial charge in [0.15, 0.2) is 0 Å². The van der Waals surface area contributed by atoms with Crippen LogP contribution in [0.4, 0.5) is 0 Å². The first-order chi connectivity index (χ1) is 9.83. The standard InChI is InChI=1S/C17H23NOS/c1-3-6-16(17-7-5-12-20-17)18-13-14-8-10-15(11-9-14)19-4-2/h5,7-12,16,18H,3-4,6,13H2,1-2H3. The predicted molar refractivity (Wildman–Crippen MR) is 86.4 cm³/mol. The van der Waals surface area contributed by atoms with Crippen LogP contribution < -0.4 is 10.1 Å². The van der Waals surface area contributed by atoms with Gasteiger partial charge in [0.25, 0.3) is 0 Å². The topological polar surface area (TPSA) is 21.3 Å². The van der Waals surface area contributed by atoms with Crippen molar-refractivity contribution in [3.63, 3.8) is 0 Å². The highest BCUT2D eigenvalue weighted by molar-refractivity contribution is 7.10. The molecule has 0 amide bonds. The lowest BCUT2D eigenvalue weighted by Gasteiger charge is -2.17. The highest BCUT2D eigenvalue weighted by Gasteiger charge is 2.10. The van der Waals surface area contributed by atoms with E-state index in [0.717, 1.165) is 12.3 Å². The molecule has 3 heteroatoms. The first-order valence-electron chi connectivity index (χ1n) is 7.32. The summed E-state index contributed by atoms with van der Waals surface area (Å²) >= 11 is 1.83. The number of rotatable bonds is 8.